The van der Waals surface area contributed by atoms with E-state index in [0.29, 0.717) is 17.9 Å². The fraction of sp³-hybridized carbons (Fsp3) is 0.429. The Balaban J connectivity index is 2.76. The van der Waals surface area contributed by atoms with Crippen LogP contribution in [0.3, 0.4) is 0 Å². The number of carbonyl (C=O) groups is 2. The monoisotopic (exact) mass is 250 g/mol. The molecule has 1 atom stereocenters. The van der Waals surface area contributed by atoms with Crippen LogP contribution in [-0.4, -0.2) is 25.0 Å². The molecule has 1 rings (SSSR count). The van der Waals surface area contributed by atoms with Gasteiger partial charge in [-0.05, 0) is 31.2 Å². The molecular weight excluding hydrogens is 232 g/mol. The van der Waals surface area contributed by atoms with Crippen molar-refractivity contribution >= 4 is 12.3 Å². The Labute approximate surface area is 107 Å². The van der Waals surface area contributed by atoms with Crippen molar-refractivity contribution < 1.29 is 19.1 Å². The minimum absolute atomic E-state index is 0.00907. The van der Waals surface area contributed by atoms with Crippen LogP contribution in [0.25, 0.3) is 0 Å². The molecule has 0 N–H and O–H groups in total. The Morgan fingerprint density at radius 2 is 1.89 bits per heavy atom. The fourth-order valence-electron chi connectivity index (χ4n) is 1.45. The average Bonchev–Trinajstić information content (AvgIpc) is 2.36. The number of benzene rings is 1. The second-order valence-electron chi connectivity index (χ2n) is 4.22. The highest BCUT2D eigenvalue weighted by molar-refractivity contribution is 5.76. The van der Waals surface area contributed by atoms with Gasteiger partial charge >= 0.3 is 5.97 Å². The van der Waals surface area contributed by atoms with E-state index >= 15 is 0 Å². The maximum Gasteiger partial charge on any atom is 0.347 e. The lowest BCUT2D eigenvalue weighted by Gasteiger charge is -2.20. The van der Waals surface area contributed by atoms with Gasteiger partial charge in [0.2, 0.25) is 0 Å². The van der Waals surface area contributed by atoms with Gasteiger partial charge in [-0.2, -0.15) is 0 Å². The van der Waals surface area contributed by atoms with Gasteiger partial charge in [0, 0.05) is 11.5 Å². The Hall–Kier alpha value is -1.84. The van der Waals surface area contributed by atoms with Crippen LogP contribution in [0.15, 0.2) is 24.3 Å². The van der Waals surface area contributed by atoms with Gasteiger partial charge in [-0.15, -0.1) is 0 Å². The molecule has 1 aromatic rings. The quantitative estimate of drug-likeness (QED) is 0.575. The van der Waals surface area contributed by atoms with Crippen molar-refractivity contribution in [2.75, 3.05) is 6.61 Å². The van der Waals surface area contributed by atoms with Gasteiger partial charge in [0.25, 0.3) is 0 Å². The summed E-state index contributed by atoms with van der Waals surface area (Å²) in [7, 11) is 0. The molecule has 18 heavy (non-hydrogen) atoms. The SMILES string of the molecule is CCOC(=O)C(Oc1ccc(C=O)cc1)C(C)C. The lowest BCUT2D eigenvalue weighted by atomic mass is 10.1. The van der Waals surface area contributed by atoms with Crippen molar-refractivity contribution in [3.8, 4) is 5.75 Å². The van der Waals surface area contributed by atoms with E-state index < -0.39 is 6.10 Å². The first-order chi connectivity index (χ1) is 8.58. The highest BCUT2D eigenvalue weighted by atomic mass is 16.6. The minimum atomic E-state index is -0.632. The molecule has 1 unspecified atom stereocenters. The molecule has 0 aliphatic carbocycles. The van der Waals surface area contributed by atoms with Gasteiger partial charge in [-0.25, -0.2) is 4.79 Å². The standard InChI is InChI=1S/C14H18O4/c1-4-17-14(16)13(10(2)3)18-12-7-5-11(9-15)6-8-12/h5-10,13H,4H2,1-3H3. The molecule has 0 aliphatic rings. The number of carbonyl (C=O) groups excluding carboxylic acids is 2. The zero-order valence-corrected chi connectivity index (χ0v) is 10.9. The van der Waals surface area contributed by atoms with E-state index in [9.17, 15) is 9.59 Å². The van der Waals surface area contributed by atoms with Gasteiger partial charge < -0.3 is 9.47 Å². The summed E-state index contributed by atoms with van der Waals surface area (Å²) in [6, 6.07) is 6.62. The summed E-state index contributed by atoms with van der Waals surface area (Å²) in [5.74, 6) is 0.189. The molecule has 1 aromatic carbocycles. The molecule has 4 nitrogen and oxygen atoms in total. The summed E-state index contributed by atoms with van der Waals surface area (Å²) in [4.78, 5) is 22.2. The first-order valence-corrected chi connectivity index (χ1v) is 5.97. The highest BCUT2D eigenvalue weighted by Crippen LogP contribution is 2.17. The van der Waals surface area contributed by atoms with Crippen molar-refractivity contribution in [1.29, 1.82) is 0 Å². The average molecular weight is 250 g/mol. The van der Waals surface area contributed by atoms with Crippen LogP contribution in [0.4, 0.5) is 0 Å². The lowest BCUT2D eigenvalue weighted by molar-refractivity contribution is -0.153. The summed E-state index contributed by atoms with van der Waals surface area (Å²) in [6.07, 6.45) is 0.127. The van der Waals surface area contributed by atoms with Crippen LogP contribution in [-0.2, 0) is 9.53 Å². The molecule has 0 bridgehead atoms. The van der Waals surface area contributed by atoms with E-state index in [4.69, 9.17) is 9.47 Å². The number of esters is 1. The molecule has 4 heteroatoms. The second-order valence-corrected chi connectivity index (χ2v) is 4.22. The van der Waals surface area contributed by atoms with E-state index in [-0.39, 0.29) is 11.9 Å². The maximum atomic E-state index is 11.7. The smallest absolute Gasteiger partial charge is 0.347 e. The number of aldehydes is 1. The topological polar surface area (TPSA) is 52.6 Å². The third kappa shape index (κ3) is 3.87. The molecule has 0 saturated heterocycles. The van der Waals surface area contributed by atoms with Crippen molar-refractivity contribution in [1.82, 2.24) is 0 Å². The van der Waals surface area contributed by atoms with Gasteiger partial charge in [0.05, 0.1) is 6.61 Å². The molecular formula is C14H18O4. The molecule has 0 saturated carbocycles. The van der Waals surface area contributed by atoms with Gasteiger partial charge in [0.1, 0.15) is 12.0 Å². The lowest BCUT2D eigenvalue weighted by Crippen LogP contribution is -2.34. The predicted octanol–water partition coefficient (Wildman–Crippen LogP) is 2.47. The molecule has 0 aliphatic heterocycles. The highest BCUT2D eigenvalue weighted by Gasteiger charge is 2.25. The number of ether oxygens (including phenoxy) is 2. The maximum absolute atomic E-state index is 11.7. The van der Waals surface area contributed by atoms with Crippen LogP contribution in [0.1, 0.15) is 31.1 Å². The zero-order chi connectivity index (χ0) is 13.5. The summed E-state index contributed by atoms with van der Waals surface area (Å²) >= 11 is 0. The summed E-state index contributed by atoms with van der Waals surface area (Å²) in [5, 5.41) is 0. The molecule has 0 heterocycles. The molecule has 98 valence electrons. The van der Waals surface area contributed by atoms with Gasteiger partial charge in [0.15, 0.2) is 6.10 Å². The van der Waals surface area contributed by atoms with Crippen molar-refractivity contribution in [3.05, 3.63) is 29.8 Å². The van der Waals surface area contributed by atoms with Crippen molar-refractivity contribution in [2.45, 2.75) is 26.9 Å². The molecule has 0 aromatic heterocycles. The molecule has 0 radical (unpaired) electrons. The zero-order valence-electron chi connectivity index (χ0n) is 10.9. The van der Waals surface area contributed by atoms with Crippen molar-refractivity contribution in [3.63, 3.8) is 0 Å². The number of hydrogen-bond acceptors (Lipinski definition) is 4. The normalized spacial score (nSPS) is 12.0. The van der Waals surface area contributed by atoms with Crippen LogP contribution in [0.5, 0.6) is 5.75 Å². The fourth-order valence-corrected chi connectivity index (χ4v) is 1.45. The van der Waals surface area contributed by atoms with Crippen LogP contribution >= 0.6 is 0 Å². The van der Waals surface area contributed by atoms with E-state index in [1.54, 1.807) is 31.2 Å². The number of hydrogen-bond donors (Lipinski definition) is 0. The van der Waals surface area contributed by atoms with Crippen molar-refractivity contribution in [2.24, 2.45) is 5.92 Å². The van der Waals surface area contributed by atoms with Crippen LogP contribution in [0, 0.1) is 5.92 Å². The second kappa shape index (κ2) is 6.79. The minimum Gasteiger partial charge on any atom is -0.478 e. The molecule has 0 fully saturated rings. The molecule has 0 amide bonds. The van der Waals surface area contributed by atoms with E-state index in [2.05, 4.69) is 0 Å². The Morgan fingerprint density at radius 1 is 1.28 bits per heavy atom. The van der Waals surface area contributed by atoms with Gasteiger partial charge in [-0.1, -0.05) is 13.8 Å². The van der Waals surface area contributed by atoms with E-state index in [1.807, 2.05) is 13.8 Å². The Kier molecular flexibility index (Phi) is 5.36. The molecule has 0 spiro atoms. The summed E-state index contributed by atoms with van der Waals surface area (Å²) in [5.41, 5.74) is 0.569. The summed E-state index contributed by atoms with van der Waals surface area (Å²) in [6.45, 7) is 5.87. The van der Waals surface area contributed by atoms with Gasteiger partial charge in [-0.3, -0.25) is 4.79 Å². The van der Waals surface area contributed by atoms with E-state index in [1.165, 1.54) is 0 Å². The largest absolute Gasteiger partial charge is 0.478 e. The van der Waals surface area contributed by atoms with E-state index in [0.717, 1.165) is 6.29 Å². The first kappa shape index (κ1) is 14.2. The predicted molar refractivity (Wildman–Crippen MR) is 67.7 cm³/mol. The Morgan fingerprint density at radius 3 is 2.33 bits per heavy atom. The third-order valence-electron chi connectivity index (χ3n) is 2.40. The third-order valence-corrected chi connectivity index (χ3v) is 2.40. The first-order valence-electron chi connectivity index (χ1n) is 5.97. The van der Waals surface area contributed by atoms with Crippen LogP contribution < -0.4 is 4.74 Å². The van der Waals surface area contributed by atoms with Crippen LogP contribution in [0.2, 0.25) is 0 Å². The number of rotatable bonds is 6. The summed E-state index contributed by atoms with van der Waals surface area (Å²) < 4.78 is 10.6. The Bertz CT molecular complexity index is 395.